The van der Waals surface area contributed by atoms with Gasteiger partial charge in [0.15, 0.2) is 0 Å². The van der Waals surface area contributed by atoms with Gasteiger partial charge in [-0.1, -0.05) is 22.9 Å². The molecule has 0 fully saturated rings. The minimum atomic E-state index is -0.00425. The Labute approximate surface area is 171 Å². The highest BCUT2D eigenvalue weighted by atomic mass is 79.9. The van der Waals surface area contributed by atoms with E-state index < -0.39 is 0 Å². The van der Waals surface area contributed by atoms with E-state index in [-0.39, 0.29) is 6.04 Å². The Morgan fingerprint density at radius 1 is 1.07 bits per heavy atom. The molecule has 4 aromatic rings. The molecule has 7 heteroatoms. The maximum absolute atomic E-state index is 6.25. The number of anilines is 1. The van der Waals surface area contributed by atoms with E-state index in [9.17, 15) is 0 Å². The van der Waals surface area contributed by atoms with E-state index in [0.29, 0.717) is 18.2 Å². The van der Waals surface area contributed by atoms with Crippen LogP contribution >= 0.6 is 15.9 Å². The van der Waals surface area contributed by atoms with E-state index in [4.69, 9.17) is 16.2 Å². The molecule has 0 saturated carbocycles. The molecule has 6 nitrogen and oxygen atoms in total. The van der Waals surface area contributed by atoms with Gasteiger partial charge in [0.1, 0.15) is 18.2 Å². The number of nitrogens with zero attached hydrogens (tertiary/aromatic N) is 3. The molecule has 4 N–H and O–H groups in total. The largest absolute Gasteiger partial charge is 0.490 e. The Hall–Kier alpha value is -2.77. The van der Waals surface area contributed by atoms with Crippen LogP contribution in [0.2, 0.25) is 0 Å². The van der Waals surface area contributed by atoms with Crippen LogP contribution in [0.3, 0.4) is 0 Å². The summed E-state index contributed by atoms with van der Waals surface area (Å²) >= 11 is 3.53. The number of halogens is 1. The Morgan fingerprint density at radius 3 is 2.75 bits per heavy atom. The van der Waals surface area contributed by atoms with Crippen LogP contribution < -0.4 is 16.2 Å². The normalized spacial score (nSPS) is 12.4. The zero-order valence-corrected chi connectivity index (χ0v) is 17.0. The lowest BCUT2D eigenvalue weighted by Gasteiger charge is -2.12. The minimum Gasteiger partial charge on any atom is -0.490 e. The third kappa shape index (κ3) is 3.63. The van der Waals surface area contributed by atoms with Crippen molar-refractivity contribution < 1.29 is 4.74 Å². The van der Waals surface area contributed by atoms with Crippen LogP contribution in [-0.4, -0.2) is 27.6 Å². The molecule has 28 heavy (non-hydrogen) atoms. The summed E-state index contributed by atoms with van der Waals surface area (Å²) in [5.41, 5.74) is 14.6. The Bertz CT molecular complexity index is 1160. The second-order valence-corrected chi connectivity index (χ2v) is 7.58. The molecule has 0 aliphatic carbocycles. The molecule has 0 saturated heterocycles. The average Bonchev–Trinajstić information content (AvgIpc) is 2.72. The molecule has 3 aromatic heterocycles. The van der Waals surface area contributed by atoms with Gasteiger partial charge in [-0.15, -0.1) is 0 Å². The highest BCUT2D eigenvalue weighted by Crippen LogP contribution is 2.32. The van der Waals surface area contributed by atoms with Crippen LogP contribution in [-0.2, 0) is 0 Å². The molecule has 3 heterocycles. The molecular weight excluding hydrogens is 418 g/mol. The molecule has 0 unspecified atom stereocenters. The molecule has 0 bridgehead atoms. The fourth-order valence-corrected chi connectivity index (χ4v) is 3.37. The fourth-order valence-electron chi connectivity index (χ4n) is 3.01. The second kappa shape index (κ2) is 7.69. The summed E-state index contributed by atoms with van der Waals surface area (Å²) in [6.45, 7) is 2.47. The summed E-state index contributed by atoms with van der Waals surface area (Å²) in [7, 11) is 0. The molecule has 4 rings (SSSR count). The van der Waals surface area contributed by atoms with E-state index in [2.05, 4.69) is 30.9 Å². The van der Waals surface area contributed by atoms with E-state index in [0.717, 1.165) is 43.8 Å². The lowest BCUT2D eigenvalue weighted by Crippen LogP contribution is -2.26. The van der Waals surface area contributed by atoms with Crippen molar-refractivity contribution in [1.29, 1.82) is 0 Å². The van der Waals surface area contributed by atoms with Gasteiger partial charge in [0, 0.05) is 39.2 Å². The van der Waals surface area contributed by atoms with Crippen molar-refractivity contribution >= 4 is 43.4 Å². The molecular formula is C21H20BrN5O. The number of ether oxygens (including phenoxy) is 1. The van der Waals surface area contributed by atoms with Crippen molar-refractivity contribution in [2.75, 3.05) is 12.3 Å². The maximum Gasteiger partial charge on any atom is 0.138 e. The molecule has 0 aliphatic rings. The van der Waals surface area contributed by atoms with Gasteiger partial charge in [0.2, 0.25) is 0 Å². The molecule has 0 amide bonds. The molecule has 0 radical (unpaired) electrons. The zero-order chi connectivity index (χ0) is 19.7. The maximum atomic E-state index is 6.25. The summed E-state index contributed by atoms with van der Waals surface area (Å²) in [4.78, 5) is 13.3. The molecule has 0 spiro atoms. The number of rotatable bonds is 5. The summed E-state index contributed by atoms with van der Waals surface area (Å²) in [6.07, 6.45) is 6.04. The van der Waals surface area contributed by atoms with E-state index in [1.54, 1.807) is 18.6 Å². The number of pyridine rings is 3. The van der Waals surface area contributed by atoms with Crippen LogP contribution in [0.15, 0.2) is 53.4 Å². The molecule has 0 aliphatic heterocycles. The number of nitrogen functional groups attached to an aromatic ring is 1. The van der Waals surface area contributed by atoms with Crippen molar-refractivity contribution in [3.63, 3.8) is 0 Å². The first-order chi connectivity index (χ1) is 13.5. The smallest absolute Gasteiger partial charge is 0.138 e. The Balaban J connectivity index is 1.81. The minimum absolute atomic E-state index is 0.00425. The quantitative estimate of drug-likeness (QED) is 0.451. The topological polar surface area (TPSA) is 99.9 Å². The van der Waals surface area contributed by atoms with Crippen LogP contribution in [0.1, 0.15) is 13.3 Å². The summed E-state index contributed by atoms with van der Waals surface area (Å²) in [5, 5.41) is 2.83. The fraction of sp³-hybridized carbons (Fsp3) is 0.190. The van der Waals surface area contributed by atoms with E-state index >= 15 is 0 Å². The van der Waals surface area contributed by atoms with Crippen molar-refractivity contribution in [1.82, 2.24) is 15.0 Å². The Kier molecular flexibility index (Phi) is 5.11. The zero-order valence-electron chi connectivity index (χ0n) is 15.4. The van der Waals surface area contributed by atoms with Gasteiger partial charge in [-0.2, -0.15) is 0 Å². The van der Waals surface area contributed by atoms with Crippen molar-refractivity contribution in [2.24, 2.45) is 5.73 Å². The van der Waals surface area contributed by atoms with Gasteiger partial charge >= 0.3 is 0 Å². The lowest BCUT2D eigenvalue weighted by atomic mass is 10.0. The molecule has 1 aromatic carbocycles. The van der Waals surface area contributed by atoms with Gasteiger partial charge in [0.25, 0.3) is 0 Å². The first kappa shape index (κ1) is 18.6. The standard InChI is InChI=1S/C21H20BrN5O/c1-2-14(23)11-28-15-5-12(8-25-9-15)20-7-16-17-6-13(22)3-4-19(17)26-10-18(16)21(24)27-20/h3-10,14H,2,11,23H2,1H3,(H2,24,27)/t14-/m0/s1. The highest BCUT2D eigenvalue weighted by Gasteiger charge is 2.11. The molecule has 142 valence electrons. The number of nitrogens with two attached hydrogens (primary N) is 2. The van der Waals surface area contributed by atoms with Gasteiger partial charge in [-0.25, -0.2) is 4.98 Å². The number of hydrogen-bond donors (Lipinski definition) is 2. The van der Waals surface area contributed by atoms with Crippen molar-refractivity contribution in [3.05, 3.63) is 53.4 Å². The number of fused-ring (bicyclic) bond motifs is 3. The van der Waals surface area contributed by atoms with E-state index in [1.807, 2.05) is 37.3 Å². The average molecular weight is 438 g/mol. The summed E-state index contributed by atoms with van der Waals surface area (Å²) in [6, 6.07) is 9.90. The second-order valence-electron chi connectivity index (χ2n) is 6.66. The number of aromatic nitrogens is 3. The highest BCUT2D eigenvalue weighted by molar-refractivity contribution is 9.10. The first-order valence-corrected chi connectivity index (χ1v) is 9.82. The van der Waals surface area contributed by atoms with Gasteiger partial charge < -0.3 is 16.2 Å². The van der Waals surface area contributed by atoms with Gasteiger partial charge in [0.05, 0.1) is 17.4 Å². The third-order valence-electron chi connectivity index (χ3n) is 4.67. The Morgan fingerprint density at radius 2 is 1.93 bits per heavy atom. The lowest BCUT2D eigenvalue weighted by molar-refractivity contribution is 0.284. The van der Waals surface area contributed by atoms with E-state index in [1.165, 1.54) is 0 Å². The predicted octanol–water partition coefficient (Wildman–Crippen LogP) is 4.31. The van der Waals surface area contributed by atoms with Crippen molar-refractivity contribution in [3.8, 4) is 17.0 Å². The van der Waals surface area contributed by atoms with Crippen LogP contribution in [0.25, 0.3) is 32.9 Å². The monoisotopic (exact) mass is 437 g/mol. The van der Waals surface area contributed by atoms with Gasteiger partial charge in [-0.05, 0) is 42.1 Å². The number of benzene rings is 1. The van der Waals surface area contributed by atoms with Crippen LogP contribution in [0.5, 0.6) is 5.75 Å². The molecule has 1 atom stereocenters. The predicted molar refractivity (Wildman–Crippen MR) is 116 cm³/mol. The summed E-state index contributed by atoms with van der Waals surface area (Å²) in [5.74, 6) is 1.09. The first-order valence-electron chi connectivity index (χ1n) is 9.03. The number of hydrogen-bond acceptors (Lipinski definition) is 6. The third-order valence-corrected chi connectivity index (χ3v) is 5.16. The van der Waals surface area contributed by atoms with Gasteiger partial charge in [-0.3, -0.25) is 9.97 Å². The van der Waals surface area contributed by atoms with Crippen LogP contribution in [0.4, 0.5) is 5.82 Å². The SMILES string of the molecule is CC[C@H](N)COc1cncc(-c2cc3c(cnc4ccc(Br)cc43)c(N)n2)c1. The van der Waals surface area contributed by atoms with Crippen molar-refractivity contribution in [2.45, 2.75) is 19.4 Å². The van der Waals surface area contributed by atoms with Crippen LogP contribution in [0, 0.1) is 0 Å². The summed E-state index contributed by atoms with van der Waals surface area (Å²) < 4.78 is 6.74.